The summed E-state index contributed by atoms with van der Waals surface area (Å²) in [6.45, 7) is 12.2. The Morgan fingerprint density at radius 1 is 1.06 bits per heavy atom. The molecule has 1 N–H and O–H groups in total. The van der Waals surface area contributed by atoms with Crippen molar-refractivity contribution in [2.75, 3.05) is 6.54 Å². The van der Waals surface area contributed by atoms with E-state index in [1.54, 1.807) is 0 Å². The summed E-state index contributed by atoms with van der Waals surface area (Å²) in [6.07, 6.45) is 1.24. The van der Waals surface area contributed by atoms with Crippen LogP contribution in [0.25, 0.3) is 0 Å². The van der Waals surface area contributed by atoms with Gasteiger partial charge in [-0.15, -0.1) is 0 Å². The Kier molecular flexibility index (Phi) is 5.17. The molecule has 0 heterocycles. The number of hydrogen-bond donors (Lipinski definition) is 1. The first kappa shape index (κ1) is 15.1. The summed E-state index contributed by atoms with van der Waals surface area (Å²) in [4.78, 5) is 22.7. The van der Waals surface area contributed by atoms with Crippen molar-refractivity contribution in [3.8, 4) is 0 Å². The summed E-state index contributed by atoms with van der Waals surface area (Å²) >= 11 is 0. The highest BCUT2D eigenvalue weighted by atomic mass is 16.2. The van der Waals surface area contributed by atoms with E-state index in [1.807, 2.05) is 13.8 Å². The third-order valence-electron chi connectivity index (χ3n) is 2.35. The molecule has 3 nitrogen and oxygen atoms in total. The molecule has 16 heavy (non-hydrogen) atoms. The lowest BCUT2D eigenvalue weighted by Crippen LogP contribution is -2.40. The first-order valence-electron chi connectivity index (χ1n) is 5.82. The minimum atomic E-state index is -0.380. The van der Waals surface area contributed by atoms with E-state index < -0.39 is 0 Å². The Morgan fingerprint density at radius 3 is 1.94 bits per heavy atom. The zero-order chi connectivity index (χ0) is 13.0. The largest absolute Gasteiger partial charge is 0.355 e. The predicted molar refractivity (Wildman–Crippen MR) is 66.2 cm³/mol. The van der Waals surface area contributed by atoms with Crippen molar-refractivity contribution in [3.05, 3.63) is 0 Å². The van der Waals surface area contributed by atoms with Crippen molar-refractivity contribution >= 4 is 11.7 Å². The van der Waals surface area contributed by atoms with Gasteiger partial charge in [-0.1, -0.05) is 34.6 Å². The minimum Gasteiger partial charge on any atom is -0.355 e. The molecule has 0 aliphatic heterocycles. The van der Waals surface area contributed by atoms with E-state index in [1.165, 1.54) is 6.92 Å². The summed E-state index contributed by atoms with van der Waals surface area (Å²) in [6, 6.07) is 0. The van der Waals surface area contributed by atoms with Crippen LogP contribution in [-0.2, 0) is 9.59 Å². The summed E-state index contributed by atoms with van der Waals surface area (Å²) in [5.41, 5.74) is -0.254. The minimum absolute atomic E-state index is 0.0312. The Balaban J connectivity index is 4.20. The van der Waals surface area contributed by atoms with Gasteiger partial charge in [-0.3, -0.25) is 9.59 Å². The second kappa shape index (κ2) is 5.46. The van der Waals surface area contributed by atoms with Gasteiger partial charge in [0.2, 0.25) is 5.91 Å². The number of amides is 1. The van der Waals surface area contributed by atoms with Crippen LogP contribution in [0.2, 0.25) is 0 Å². The predicted octanol–water partition coefficient (Wildman–Crippen LogP) is 2.54. The molecule has 0 aromatic rings. The van der Waals surface area contributed by atoms with Crippen molar-refractivity contribution in [1.82, 2.24) is 5.32 Å². The van der Waals surface area contributed by atoms with E-state index in [-0.39, 0.29) is 22.5 Å². The van der Waals surface area contributed by atoms with E-state index in [4.69, 9.17) is 0 Å². The number of hydrogen-bond acceptors (Lipinski definition) is 2. The van der Waals surface area contributed by atoms with Gasteiger partial charge in [-0.05, 0) is 18.8 Å². The smallest absolute Gasteiger partial charge is 0.225 e. The van der Waals surface area contributed by atoms with Crippen LogP contribution in [0.3, 0.4) is 0 Å². The maximum Gasteiger partial charge on any atom is 0.225 e. The molecule has 0 atom stereocenters. The molecule has 0 radical (unpaired) electrons. The molecule has 0 unspecified atom stereocenters. The normalized spacial score (nSPS) is 12.4. The molecule has 0 fully saturated rings. The van der Waals surface area contributed by atoms with Gasteiger partial charge in [0, 0.05) is 18.4 Å². The summed E-state index contributed by atoms with van der Waals surface area (Å²) in [7, 11) is 0. The summed E-state index contributed by atoms with van der Waals surface area (Å²) in [5.74, 6) is 0.137. The third kappa shape index (κ3) is 6.59. The van der Waals surface area contributed by atoms with Crippen LogP contribution in [0.5, 0.6) is 0 Å². The third-order valence-corrected chi connectivity index (χ3v) is 2.35. The lowest BCUT2D eigenvalue weighted by atomic mass is 9.76. The molecule has 94 valence electrons. The van der Waals surface area contributed by atoms with Crippen LogP contribution in [-0.4, -0.2) is 18.2 Å². The Hall–Kier alpha value is -0.860. The average Bonchev–Trinajstić information content (AvgIpc) is 1.98. The molecule has 0 rings (SSSR count). The first-order chi connectivity index (χ1) is 7.04. The molecule has 0 aliphatic rings. The fraction of sp³-hybridized carbons (Fsp3) is 0.846. The highest BCUT2D eigenvalue weighted by molar-refractivity contribution is 5.82. The molecule has 0 bridgehead atoms. The average molecular weight is 227 g/mol. The van der Waals surface area contributed by atoms with Crippen molar-refractivity contribution in [2.24, 2.45) is 10.8 Å². The van der Waals surface area contributed by atoms with Crippen LogP contribution in [0, 0.1) is 10.8 Å². The Labute approximate surface area is 99.0 Å². The lowest BCUT2D eigenvalue weighted by Gasteiger charge is -2.31. The second-order valence-electron chi connectivity index (χ2n) is 6.33. The molecule has 0 saturated carbocycles. The van der Waals surface area contributed by atoms with Gasteiger partial charge in [0.15, 0.2) is 0 Å². The van der Waals surface area contributed by atoms with Gasteiger partial charge in [0.25, 0.3) is 0 Å². The van der Waals surface area contributed by atoms with E-state index in [0.29, 0.717) is 13.0 Å². The molecule has 3 heteroatoms. The molecule has 1 amide bonds. The zero-order valence-electron chi connectivity index (χ0n) is 11.4. The van der Waals surface area contributed by atoms with Crippen molar-refractivity contribution in [1.29, 1.82) is 0 Å². The second-order valence-corrected chi connectivity index (χ2v) is 6.33. The lowest BCUT2D eigenvalue weighted by molar-refractivity contribution is -0.130. The number of rotatable bonds is 5. The first-order valence-corrected chi connectivity index (χ1v) is 5.82. The van der Waals surface area contributed by atoms with Crippen molar-refractivity contribution in [2.45, 2.75) is 54.4 Å². The number of ketones is 1. The molecular weight excluding hydrogens is 202 g/mol. The Morgan fingerprint density at radius 2 is 1.56 bits per heavy atom. The zero-order valence-corrected chi connectivity index (χ0v) is 11.4. The van der Waals surface area contributed by atoms with Gasteiger partial charge >= 0.3 is 0 Å². The SMILES string of the molecule is CC(=O)CCNC(=O)C(C)(C)CC(C)(C)C. The maximum absolute atomic E-state index is 11.9. The van der Waals surface area contributed by atoms with Crippen molar-refractivity contribution < 1.29 is 9.59 Å². The quantitative estimate of drug-likeness (QED) is 0.784. The fourth-order valence-electron chi connectivity index (χ4n) is 2.00. The van der Waals surface area contributed by atoms with Crippen LogP contribution in [0.15, 0.2) is 0 Å². The summed E-state index contributed by atoms with van der Waals surface area (Å²) in [5, 5.41) is 2.82. The summed E-state index contributed by atoms with van der Waals surface area (Å²) < 4.78 is 0. The number of carbonyl (C=O) groups is 2. The topological polar surface area (TPSA) is 46.2 Å². The molecule has 0 saturated heterocycles. The molecule has 0 spiro atoms. The monoisotopic (exact) mass is 227 g/mol. The number of nitrogens with one attached hydrogen (secondary N) is 1. The molecule has 0 aromatic heterocycles. The standard InChI is InChI=1S/C13H25NO2/c1-10(15)7-8-14-11(16)13(5,6)9-12(2,3)4/h7-9H2,1-6H3,(H,14,16). The van der Waals surface area contributed by atoms with E-state index in [0.717, 1.165) is 6.42 Å². The highest BCUT2D eigenvalue weighted by Gasteiger charge is 2.32. The molecule has 0 aromatic carbocycles. The van der Waals surface area contributed by atoms with E-state index in [2.05, 4.69) is 26.1 Å². The van der Waals surface area contributed by atoms with Gasteiger partial charge in [0.05, 0.1) is 0 Å². The number of carbonyl (C=O) groups excluding carboxylic acids is 2. The maximum atomic E-state index is 11.9. The van der Waals surface area contributed by atoms with Crippen molar-refractivity contribution in [3.63, 3.8) is 0 Å². The van der Waals surface area contributed by atoms with E-state index >= 15 is 0 Å². The van der Waals surface area contributed by atoms with Gasteiger partial charge in [-0.25, -0.2) is 0 Å². The van der Waals surface area contributed by atoms with Gasteiger partial charge < -0.3 is 5.32 Å². The van der Waals surface area contributed by atoms with E-state index in [9.17, 15) is 9.59 Å². The fourth-order valence-corrected chi connectivity index (χ4v) is 2.00. The van der Waals surface area contributed by atoms with Crippen LogP contribution in [0.1, 0.15) is 54.4 Å². The Bertz CT molecular complexity index is 262. The van der Waals surface area contributed by atoms with Crippen LogP contribution < -0.4 is 5.32 Å². The molecule has 0 aliphatic carbocycles. The van der Waals surface area contributed by atoms with Crippen LogP contribution in [0.4, 0.5) is 0 Å². The van der Waals surface area contributed by atoms with Gasteiger partial charge in [0.1, 0.15) is 5.78 Å². The van der Waals surface area contributed by atoms with Gasteiger partial charge in [-0.2, -0.15) is 0 Å². The highest BCUT2D eigenvalue weighted by Crippen LogP contribution is 2.33. The number of Topliss-reactive ketones (excluding diaryl/α,β-unsaturated/α-hetero) is 1. The molecular formula is C13H25NO2. The van der Waals surface area contributed by atoms with Crippen LogP contribution >= 0.6 is 0 Å².